The molecular formula is C17H20BNO4. The molecule has 2 rings (SSSR count). The third-order valence-electron chi connectivity index (χ3n) is 3.89. The molecule has 0 fully saturated rings. The van der Waals surface area contributed by atoms with E-state index < -0.39 is 29.8 Å². The van der Waals surface area contributed by atoms with Crippen molar-refractivity contribution in [3.63, 3.8) is 0 Å². The van der Waals surface area contributed by atoms with Crippen LogP contribution in [0, 0.1) is 11.8 Å². The summed E-state index contributed by atoms with van der Waals surface area (Å²) in [5, 5.41) is 0. The highest BCUT2D eigenvalue weighted by Gasteiger charge is 2.44. The van der Waals surface area contributed by atoms with E-state index in [9.17, 15) is 14.4 Å². The zero-order valence-corrected chi connectivity index (χ0v) is 13.8. The molecule has 1 aromatic carbocycles. The Morgan fingerprint density at radius 3 is 1.87 bits per heavy atom. The van der Waals surface area contributed by atoms with Gasteiger partial charge in [0.05, 0.1) is 17.1 Å². The molecule has 0 saturated heterocycles. The molecule has 2 amide bonds. The summed E-state index contributed by atoms with van der Waals surface area (Å²) >= 11 is 0. The quantitative estimate of drug-likeness (QED) is 0.474. The molecule has 0 aromatic heterocycles. The Bertz CT molecular complexity index is 606. The molecule has 120 valence electrons. The van der Waals surface area contributed by atoms with Gasteiger partial charge in [-0.15, -0.1) is 0 Å². The maximum atomic E-state index is 12.5. The standard InChI is InChI=1S/C17H20BNO4/c1-9(2)13(17(22)23-14(18)10(3)4)19-15(20)11-7-5-6-8-12(11)16(19)21/h5-10,13-14H,1-4H3/t13-,14?/m1/s1. The van der Waals surface area contributed by atoms with Crippen LogP contribution in [-0.4, -0.2) is 42.6 Å². The van der Waals surface area contributed by atoms with E-state index in [4.69, 9.17) is 12.6 Å². The maximum absolute atomic E-state index is 12.5. The fourth-order valence-corrected chi connectivity index (χ4v) is 2.48. The normalized spacial score (nSPS) is 16.7. The van der Waals surface area contributed by atoms with Gasteiger partial charge >= 0.3 is 5.97 Å². The lowest BCUT2D eigenvalue weighted by molar-refractivity contribution is -0.153. The van der Waals surface area contributed by atoms with Crippen LogP contribution in [0.2, 0.25) is 0 Å². The van der Waals surface area contributed by atoms with Crippen LogP contribution in [0.3, 0.4) is 0 Å². The number of imide groups is 1. The molecule has 1 aliphatic rings. The van der Waals surface area contributed by atoms with E-state index >= 15 is 0 Å². The Labute approximate surface area is 137 Å². The van der Waals surface area contributed by atoms with Crippen molar-refractivity contribution < 1.29 is 19.1 Å². The number of hydrogen-bond acceptors (Lipinski definition) is 4. The minimum atomic E-state index is -0.993. The van der Waals surface area contributed by atoms with Crippen molar-refractivity contribution in [1.29, 1.82) is 0 Å². The Balaban J connectivity index is 2.31. The Morgan fingerprint density at radius 1 is 1.00 bits per heavy atom. The van der Waals surface area contributed by atoms with Crippen molar-refractivity contribution in [3.8, 4) is 0 Å². The van der Waals surface area contributed by atoms with Crippen LogP contribution in [0.15, 0.2) is 24.3 Å². The fourth-order valence-electron chi connectivity index (χ4n) is 2.48. The number of carbonyl (C=O) groups is 3. The first-order valence-corrected chi connectivity index (χ1v) is 7.68. The van der Waals surface area contributed by atoms with Crippen LogP contribution in [0.5, 0.6) is 0 Å². The summed E-state index contributed by atoms with van der Waals surface area (Å²) in [6.45, 7) is 7.17. The SMILES string of the molecule is [B]C(OC(=O)[C@@H](C(C)C)N1C(=O)c2ccccc2C1=O)C(C)C. The van der Waals surface area contributed by atoms with Crippen LogP contribution in [0.1, 0.15) is 48.4 Å². The van der Waals surface area contributed by atoms with Crippen molar-refractivity contribution in [3.05, 3.63) is 35.4 Å². The van der Waals surface area contributed by atoms with E-state index in [-0.39, 0.29) is 11.8 Å². The summed E-state index contributed by atoms with van der Waals surface area (Å²) in [6.07, 6.45) is 0. The van der Waals surface area contributed by atoms with E-state index in [1.54, 1.807) is 38.1 Å². The van der Waals surface area contributed by atoms with Gasteiger partial charge < -0.3 is 4.74 Å². The highest BCUT2D eigenvalue weighted by Crippen LogP contribution is 2.28. The predicted octanol–water partition coefficient (Wildman–Crippen LogP) is 2.00. The first kappa shape index (κ1) is 17.3. The summed E-state index contributed by atoms with van der Waals surface area (Å²) in [6, 6.07) is 4.76. The van der Waals surface area contributed by atoms with Gasteiger partial charge in [0, 0.05) is 0 Å². The number of carbonyl (C=O) groups excluding carboxylic acids is 3. The van der Waals surface area contributed by atoms with Gasteiger partial charge in [-0.25, -0.2) is 4.79 Å². The molecule has 1 aromatic rings. The van der Waals surface area contributed by atoms with Gasteiger partial charge in [-0.3, -0.25) is 14.5 Å². The number of nitrogens with zero attached hydrogens (tertiary/aromatic N) is 1. The van der Waals surface area contributed by atoms with Crippen LogP contribution in [-0.2, 0) is 9.53 Å². The lowest BCUT2D eigenvalue weighted by Crippen LogP contribution is -2.49. The third kappa shape index (κ3) is 3.16. The number of amides is 2. The highest BCUT2D eigenvalue weighted by molar-refractivity contribution is 6.22. The average molecular weight is 313 g/mol. The molecule has 6 heteroatoms. The Morgan fingerprint density at radius 2 is 1.48 bits per heavy atom. The van der Waals surface area contributed by atoms with E-state index in [0.29, 0.717) is 11.1 Å². The van der Waals surface area contributed by atoms with Gasteiger partial charge in [-0.2, -0.15) is 0 Å². The molecule has 0 N–H and O–H groups in total. The molecular weight excluding hydrogens is 293 g/mol. The number of esters is 1. The first-order valence-electron chi connectivity index (χ1n) is 7.68. The molecule has 0 saturated carbocycles. The largest absolute Gasteiger partial charge is 0.471 e. The minimum Gasteiger partial charge on any atom is -0.471 e. The minimum absolute atomic E-state index is 0.0612. The highest BCUT2D eigenvalue weighted by atomic mass is 16.5. The van der Waals surface area contributed by atoms with E-state index in [0.717, 1.165) is 4.90 Å². The fraction of sp³-hybridized carbons (Fsp3) is 0.471. The molecule has 5 nitrogen and oxygen atoms in total. The summed E-state index contributed by atoms with van der Waals surface area (Å²) in [7, 11) is 5.78. The lowest BCUT2D eigenvalue weighted by atomic mass is 9.89. The van der Waals surface area contributed by atoms with E-state index in [1.165, 1.54) is 0 Å². The summed E-state index contributed by atoms with van der Waals surface area (Å²) in [5.41, 5.74) is 0.619. The smallest absolute Gasteiger partial charge is 0.329 e. The number of ether oxygens (including phenoxy) is 1. The molecule has 2 radical (unpaired) electrons. The molecule has 1 aliphatic heterocycles. The van der Waals surface area contributed by atoms with Crippen LogP contribution in [0.25, 0.3) is 0 Å². The van der Waals surface area contributed by atoms with Gasteiger partial charge in [0.15, 0.2) is 0 Å². The molecule has 1 heterocycles. The predicted molar refractivity (Wildman–Crippen MR) is 86.0 cm³/mol. The first-order chi connectivity index (χ1) is 10.8. The molecule has 0 spiro atoms. The molecule has 1 unspecified atom stereocenters. The summed E-state index contributed by atoms with van der Waals surface area (Å²) in [5.74, 6) is -1.95. The number of benzene rings is 1. The third-order valence-corrected chi connectivity index (χ3v) is 3.89. The maximum Gasteiger partial charge on any atom is 0.329 e. The number of hydrogen-bond donors (Lipinski definition) is 0. The molecule has 23 heavy (non-hydrogen) atoms. The molecule has 2 atom stereocenters. The summed E-state index contributed by atoms with van der Waals surface area (Å²) in [4.78, 5) is 38.6. The second kappa shape index (κ2) is 6.56. The number of fused-ring (bicyclic) bond motifs is 1. The topological polar surface area (TPSA) is 63.7 Å². The van der Waals surface area contributed by atoms with E-state index in [1.807, 2.05) is 13.8 Å². The lowest BCUT2D eigenvalue weighted by Gasteiger charge is -2.29. The van der Waals surface area contributed by atoms with Gasteiger partial charge in [-0.05, 0) is 24.0 Å². The van der Waals surface area contributed by atoms with Gasteiger partial charge in [0.25, 0.3) is 11.8 Å². The van der Waals surface area contributed by atoms with E-state index in [2.05, 4.69) is 0 Å². The van der Waals surface area contributed by atoms with Crippen molar-refractivity contribution >= 4 is 25.6 Å². The van der Waals surface area contributed by atoms with Crippen molar-refractivity contribution in [1.82, 2.24) is 4.90 Å². The average Bonchev–Trinajstić information content (AvgIpc) is 2.73. The monoisotopic (exact) mass is 313 g/mol. The summed E-state index contributed by atoms with van der Waals surface area (Å²) < 4.78 is 5.24. The second-order valence-corrected chi connectivity index (χ2v) is 6.36. The van der Waals surface area contributed by atoms with Crippen LogP contribution < -0.4 is 0 Å². The number of rotatable bonds is 5. The Kier molecular flexibility index (Phi) is 4.92. The van der Waals surface area contributed by atoms with Crippen molar-refractivity contribution in [2.75, 3.05) is 0 Å². The van der Waals surface area contributed by atoms with Crippen molar-refractivity contribution in [2.24, 2.45) is 11.8 Å². The molecule has 0 aliphatic carbocycles. The Hall–Kier alpha value is -2.11. The zero-order valence-electron chi connectivity index (χ0n) is 13.8. The van der Waals surface area contributed by atoms with Gasteiger partial charge in [0.1, 0.15) is 13.9 Å². The second-order valence-electron chi connectivity index (χ2n) is 6.36. The van der Waals surface area contributed by atoms with Crippen LogP contribution >= 0.6 is 0 Å². The zero-order chi connectivity index (χ0) is 17.3. The van der Waals surface area contributed by atoms with Crippen molar-refractivity contribution in [2.45, 2.75) is 39.7 Å². The van der Waals surface area contributed by atoms with Gasteiger partial charge in [0.2, 0.25) is 0 Å². The van der Waals surface area contributed by atoms with Crippen LogP contribution in [0.4, 0.5) is 0 Å². The van der Waals surface area contributed by atoms with Gasteiger partial charge in [-0.1, -0.05) is 39.8 Å². The molecule has 0 bridgehead atoms.